The Morgan fingerprint density at radius 1 is 1.24 bits per heavy atom. The summed E-state index contributed by atoms with van der Waals surface area (Å²) in [5, 5.41) is 2.73. The maximum absolute atomic E-state index is 12.0. The predicted octanol–water partition coefficient (Wildman–Crippen LogP) is 1.10. The normalized spacial score (nSPS) is 31.2. The number of piperidine rings is 1. The second-order valence-corrected chi connectivity index (χ2v) is 5.09. The van der Waals surface area contributed by atoms with Crippen LogP contribution in [0, 0.1) is 0 Å². The Kier molecular flexibility index (Phi) is 4.15. The van der Waals surface area contributed by atoms with E-state index in [9.17, 15) is 9.59 Å². The first-order valence-corrected chi connectivity index (χ1v) is 6.74. The van der Waals surface area contributed by atoms with Crippen molar-refractivity contribution in [1.29, 1.82) is 0 Å². The van der Waals surface area contributed by atoms with Gasteiger partial charge in [0, 0.05) is 13.5 Å². The molecule has 0 radical (unpaired) electrons. The van der Waals surface area contributed by atoms with Gasteiger partial charge in [-0.3, -0.25) is 14.5 Å². The average Bonchev–Trinajstić information content (AvgIpc) is 2.38. The summed E-state index contributed by atoms with van der Waals surface area (Å²) in [7, 11) is 1.68. The second-order valence-electron chi connectivity index (χ2n) is 5.09. The topological polar surface area (TPSA) is 49.4 Å². The van der Waals surface area contributed by atoms with Gasteiger partial charge in [0.1, 0.15) is 5.78 Å². The zero-order valence-electron chi connectivity index (χ0n) is 10.6. The molecule has 1 N–H and O–H groups in total. The number of Topliss-reactive ketones (excluding diaryl/α,β-unsaturated/α-hetero) is 1. The van der Waals surface area contributed by atoms with Crippen molar-refractivity contribution >= 4 is 11.7 Å². The minimum Gasteiger partial charge on any atom is -0.358 e. The zero-order valence-corrected chi connectivity index (χ0v) is 10.6. The number of likely N-dealkylation sites (tertiary alicyclic amines) is 1. The Labute approximate surface area is 103 Å². The van der Waals surface area contributed by atoms with Crippen molar-refractivity contribution in [2.75, 3.05) is 13.6 Å². The molecule has 2 unspecified atom stereocenters. The third-order valence-electron chi connectivity index (χ3n) is 4.02. The Balaban J connectivity index is 2.09. The Bertz CT molecular complexity index is 288. The van der Waals surface area contributed by atoms with E-state index in [0.29, 0.717) is 12.2 Å². The van der Waals surface area contributed by atoms with E-state index < -0.39 is 0 Å². The Morgan fingerprint density at radius 3 is 2.71 bits per heavy atom. The zero-order chi connectivity index (χ0) is 12.3. The van der Waals surface area contributed by atoms with Gasteiger partial charge < -0.3 is 5.32 Å². The van der Waals surface area contributed by atoms with E-state index in [-0.39, 0.29) is 18.0 Å². The highest BCUT2D eigenvalue weighted by molar-refractivity contribution is 5.87. The van der Waals surface area contributed by atoms with Crippen molar-refractivity contribution in [2.24, 2.45) is 0 Å². The molecular formula is C13H22N2O2. The number of likely N-dealkylation sites (N-methyl/N-ethyl adjacent to an activating group) is 1. The van der Waals surface area contributed by atoms with Crippen molar-refractivity contribution in [3.63, 3.8) is 0 Å². The van der Waals surface area contributed by atoms with Crippen molar-refractivity contribution in [3.05, 3.63) is 0 Å². The summed E-state index contributed by atoms with van der Waals surface area (Å²) in [6.45, 7) is 0.897. The molecular weight excluding hydrogens is 216 g/mol. The molecule has 17 heavy (non-hydrogen) atoms. The summed E-state index contributed by atoms with van der Waals surface area (Å²) >= 11 is 0. The number of carbonyl (C=O) groups is 2. The van der Waals surface area contributed by atoms with E-state index in [2.05, 4.69) is 10.2 Å². The van der Waals surface area contributed by atoms with Gasteiger partial charge in [0.2, 0.25) is 5.91 Å². The van der Waals surface area contributed by atoms with Crippen LogP contribution in [0.25, 0.3) is 0 Å². The lowest BCUT2D eigenvalue weighted by Gasteiger charge is -2.40. The van der Waals surface area contributed by atoms with Gasteiger partial charge in [0.25, 0.3) is 0 Å². The third kappa shape index (κ3) is 2.68. The van der Waals surface area contributed by atoms with Gasteiger partial charge in [-0.15, -0.1) is 0 Å². The number of ketones is 1. The molecule has 1 heterocycles. The predicted molar refractivity (Wildman–Crippen MR) is 65.7 cm³/mol. The molecule has 4 nitrogen and oxygen atoms in total. The van der Waals surface area contributed by atoms with E-state index in [4.69, 9.17) is 0 Å². The van der Waals surface area contributed by atoms with Crippen molar-refractivity contribution in [1.82, 2.24) is 10.2 Å². The number of rotatable bonds is 2. The molecule has 2 rings (SSSR count). The van der Waals surface area contributed by atoms with Crippen molar-refractivity contribution in [3.8, 4) is 0 Å². The molecule has 1 saturated heterocycles. The monoisotopic (exact) mass is 238 g/mol. The third-order valence-corrected chi connectivity index (χ3v) is 4.02. The van der Waals surface area contributed by atoms with E-state index in [1.54, 1.807) is 7.05 Å². The van der Waals surface area contributed by atoms with Crippen LogP contribution in [0.2, 0.25) is 0 Å². The fraction of sp³-hybridized carbons (Fsp3) is 0.846. The number of nitrogens with zero attached hydrogens (tertiary/aromatic N) is 1. The van der Waals surface area contributed by atoms with Crippen LogP contribution < -0.4 is 5.32 Å². The lowest BCUT2D eigenvalue weighted by molar-refractivity contribution is -0.134. The second kappa shape index (κ2) is 5.63. The van der Waals surface area contributed by atoms with E-state index in [0.717, 1.165) is 45.1 Å². The Morgan fingerprint density at radius 2 is 2.00 bits per heavy atom. The van der Waals surface area contributed by atoms with Gasteiger partial charge in [-0.2, -0.15) is 0 Å². The van der Waals surface area contributed by atoms with Crippen LogP contribution in [0.5, 0.6) is 0 Å². The van der Waals surface area contributed by atoms with Gasteiger partial charge in [-0.1, -0.05) is 12.8 Å². The summed E-state index contributed by atoms with van der Waals surface area (Å²) < 4.78 is 0. The number of carbonyl (C=O) groups excluding carboxylic acids is 2. The maximum atomic E-state index is 12.0. The number of nitrogens with one attached hydrogen (secondary N) is 1. The average molecular weight is 238 g/mol. The molecule has 0 aromatic rings. The summed E-state index contributed by atoms with van der Waals surface area (Å²) in [4.78, 5) is 26.0. The molecule has 2 atom stereocenters. The molecule has 2 fully saturated rings. The number of amides is 1. The SMILES string of the molecule is CNC(=O)C1CCCCN1C1CCCCC1=O. The quantitative estimate of drug-likeness (QED) is 0.783. The molecule has 1 amide bonds. The molecule has 0 aromatic carbocycles. The van der Waals surface area contributed by atoms with Gasteiger partial charge in [0.15, 0.2) is 0 Å². The molecule has 0 aromatic heterocycles. The largest absolute Gasteiger partial charge is 0.358 e. The number of hydrogen-bond donors (Lipinski definition) is 1. The fourth-order valence-electron chi connectivity index (χ4n) is 3.09. The lowest BCUT2D eigenvalue weighted by atomic mass is 9.89. The molecule has 0 spiro atoms. The first-order valence-electron chi connectivity index (χ1n) is 6.74. The van der Waals surface area contributed by atoms with Gasteiger partial charge in [0.05, 0.1) is 12.1 Å². The highest BCUT2D eigenvalue weighted by atomic mass is 16.2. The molecule has 1 aliphatic heterocycles. The summed E-state index contributed by atoms with van der Waals surface area (Å²) in [5.74, 6) is 0.412. The lowest BCUT2D eigenvalue weighted by Crippen LogP contribution is -2.55. The molecule has 96 valence electrons. The summed E-state index contributed by atoms with van der Waals surface area (Å²) in [5.41, 5.74) is 0. The molecule has 1 saturated carbocycles. The summed E-state index contributed by atoms with van der Waals surface area (Å²) in [6, 6.07) is -0.0767. The van der Waals surface area contributed by atoms with Crippen LogP contribution in [0.1, 0.15) is 44.9 Å². The number of hydrogen-bond acceptors (Lipinski definition) is 3. The standard InChI is InChI=1S/C13H22N2O2/c1-14-13(17)11-7-4-5-9-15(11)10-6-2-3-8-12(10)16/h10-11H,2-9H2,1H3,(H,14,17). The molecule has 4 heteroatoms. The van der Waals surface area contributed by atoms with Crippen LogP contribution in [0.4, 0.5) is 0 Å². The fourth-order valence-corrected chi connectivity index (χ4v) is 3.09. The molecule has 2 aliphatic rings. The van der Waals surface area contributed by atoms with Crippen LogP contribution in [0.15, 0.2) is 0 Å². The van der Waals surface area contributed by atoms with Gasteiger partial charge >= 0.3 is 0 Å². The highest BCUT2D eigenvalue weighted by Gasteiger charge is 2.36. The Hall–Kier alpha value is -0.900. The van der Waals surface area contributed by atoms with Crippen molar-refractivity contribution in [2.45, 2.75) is 57.0 Å². The smallest absolute Gasteiger partial charge is 0.237 e. The van der Waals surface area contributed by atoms with Crippen LogP contribution in [-0.2, 0) is 9.59 Å². The van der Waals surface area contributed by atoms with E-state index in [1.807, 2.05) is 0 Å². The van der Waals surface area contributed by atoms with Gasteiger partial charge in [-0.05, 0) is 32.2 Å². The van der Waals surface area contributed by atoms with Crippen molar-refractivity contribution < 1.29 is 9.59 Å². The van der Waals surface area contributed by atoms with Gasteiger partial charge in [-0.25, -0.2) is 0 Å². The minimum atomic E-state index is -0.0826. The van der Waals surface area contributed by atoms with Crippen LogP contribution in [-0.4, -0.2) is 42.3 Å². The highest BCUT2D eigenvalue weighted by Crippen LogP contribution is 2.26. The minimum absolute atomic E-state index is 0.00588. The van der Waals surface area contributed by atoms with Crippen LogP contribution in [0.3, 0.4) is 0 Å². The molecule has 0 bridgehead atoms. The first kappa shape index (κ1) is 12.6. The summed E-state index contributed by atoms with van der Waals surface area (Å²) in [6.07, 6.45) is 6.87. The van der Waals surface area contributed by atoms with Crippen LogP contribution >= 0.6 is 0 Å². The maximum Gasteiger partial charge on any atom is 0.237 e. The molecule has 1 aliphatic carbocycles. The van der Waals surface area contributed by atoms with E-state index >= 15 is 0 Å². The van der Waals surface area contributed by atoms with E-state index in [1.165, 1.54) is 0 Å². The first-order chi connectivity index (χ1) is 8.24.